The van der Waals surface area contributed by atoms with E-state index in [1.807, 2.05) is 18.2 Å². The summed E-state index contributed by atoms with van der Waals surface area (Å²) in [5, 5.41) is 0. The van der Waals surface area contributed by atoms with Crippen LogP contribution in [0.1, 0.15) is 24.0 Å². The van der Waals surface area contributed by atoms with Crippen LogP contribution in [-0.2, 0) is 17.8 Å². The Bertz CT molecular complexity index is 854. The first-order chi connectivity index (χ1) is 13.8. The van der Waals surface area contributed by atoms with Crippen molar-refractivity contribution in [2.45, 2.75) is 32.2 Å². The van der Waals surface area contributed by atoms with Crippen molar-refractivity contribution in [1.29, 1.82) is 0 Å². The highest BCUT2D eigenvalue weighted by Gasteiger charge is 2.32. The topological polar surface area (TPSA) is 48.0 Å². The summed E-state index contributed by atoms with van der Waals surface area (Å²) in [4.78, 5) is 13.9. The lowest BCUT2D eigenvalue weighted by molar-refractivity contribution is -0.275. The highest BCUT2D eigenvalue weighted by atomic mass is 19.4. The minimum Gasteiger partial charge on any atom is -0.490 e. The number of aryl methyl sites for hydroxylation is 1. The van der Waals surface area contributed by atoms with Gasteiger partial charge in [-0.25, -0.2) is 0 Å². The fourth-order valence-corrected chi connectivity index (χ4v) is 3.01. The Hall–Kier alpha value is -2.90. The fourth-order valence-electron chi connectivity index (χ4n) is 3.01. The molecule has 29 heavy (non-hydrogen) atoms. The molecule has 2 aromatic carbocycles. The van der Waals surface area contributed by atoms with Crippen LogP contribution in [0.3, 0.4) is 0 Å². The number of hydrogen-bond donors (Lipinski definition) is 0. The first-order valence-electron chi connectivity index (χ1n) is 9.28. The highest BCUT2D eigenvalue weighted by Crippen LogP contribution is 2.31. The molecule has 3 rings (SSSR count). The largest absolute Gasteiger partial charge is 0.573 e. The zero-order valence-corrected chi connectivity index (χ0v) is 16.0. The Balaban J connectivity index is 1.58. The van der Waals surface area contributed by atoms with Gasteiger partial charge < -0.3 is 19.1 Å². The number of rotatable bonds is 6. The number of hydrogen-bond acceptors (Lipinski definition) is 4. The van der Waals surface area contributed by atoms with Crippen LogP contribution < -0.4 is 14.2 Å². The van der Waals surface area contributed by atoms with Gasteiger partial charge in [0.05, 0.1) is 13.2 Å². The number of halogens is 3. The van der Waals surface area contributed by atoms with Crippen LogP contribution in [0.15, 0.2) is 42.5 Å². The Morgan fingerprint density at radius 1 is 1.10 bits per heavy atom. The van der Waals surface area contributed by atoms with Crippen molar-refractivity contribution in [1.82, 2.24) is 4.90 Å². The molecule has 0 saturated heterocycles. The van der Waals surface area contributed by atoms with Gasteiger partial charge in [0.2, 0.25) is 5.91 Å². The third-order valence-electron chi connectivity index (χ3n) is 4.47. The zero-order valence-electron chi connectivity index (χ0n) is 16.0. The molecule has 0 aromatic heterocycles. The first-order valence-corrected chi connectivity index (χ1v) is 9.28. The zero-order chi connectivity index (χ0) is 20.9. The summed E-state index contributed by atoms with van der Waals surface area (Å²) in [6, 6.07) is 11.4. The fraction of sp³-hybridized carbons (Fsp3) is 0.381. The Kier molecular flexibility index (Phi) is 6.51. The van der Waals surface area contributed by atoms with Gasteiger partial charge in [-0.05, 0) is 30.2 Å². The number of amides is 1. The van der Waals surface area contributed by atoms with Crippen LogP contribution in [0.4, 0.5) is 13.2 Å². The van der Waals surface area contributed by atoms with Crippen molar-refractivity contribution in [2.24, 2.45) is 0 Å². The van der Waals surface area contributed by atoms with Crippen LogP contribution in [0.5, 0.6) is 17.2 Å². The van der Waals surface area contributed by atoms with Crippen molar-refractivity contribution in [3.63, 3.8) is 0 Å². The molecule has 1 aliphatic heterocycles. The van der Waals surface area contributed by atoms with Crippen LogP contribution in [-0.4, -0.2) is 37.4 Å². The molecular weight excluding hydrogens is 387 g/mol. The average Bonchev–Trinajstić information content (AvgIpc) is 2.91. The molecule has 1 heterocycles. The van der Waals surface area contributed by atoms with Crippen LogP contribution in [0, 0.1) is 0 Å². The predicted molar refractivity (Wildman–Crippen MR) is 100.0 cm³/mol. The van der Waals surface area contributed by atoms with E-state index in [1.54, 1.807) is 13.1 Å². The summed E-state index contributed by atoms with van der Waals surface area (Å²) in [7, 11) is 1.56. The summed E-state index contributed by atoms with van der Waals surface area (Å²) in [5.74, 6) is 0.872. The van der Waals surface area contributed by atoms with Crippen molar-refractivity contribution >= 4 is 5.91 Å². The number of ether oxygens (including phenoxy) is 3. The maximum absolute atomic E-state index is 12.5. The molecular formula is C21H22F3NO4. The number of carbonyl (C=O) groups excluding carboxylic acids is 1. The van der Waals surface area contributed by atoms with Crippen LogP contribution in [0.25, 0.3) is 0 Å². The third-order valence-corrected chi connectivity index (χ3v) is 4.47. The number of para-hydroxylation sites is 1. The summed E-state index contributed by atoms with van der Waals surface area (Å²) in [6.07, 6.45) is -3.26. The molecule has 5 nitrogen and oxygen atoms in total. The van der Waals surface area contributed by atoms with E-state index in [0.717, 1.165) is 12.0 Å². The average molecular weight is 409 g/mol. The minimum absolute atomic E-state index is 0.0201. The summed E-state index contributed by atoms with van der Waals surface area (Å²) in [5.41, 5.74) is 1.22. The van der Waals surface area contributed by atoms with E-state index in [2.05, 4.69) is 4.74 Å². The van der Waals surface area contributed by atoms with Gasteiger partial charge >= 0.3 is 6.36 Å². The second kappa shape index (κ2) is 9.07. The number of fused-ring (bicyclic) bond motifs is 1. The second-order valence-electron chi connectivity index (χ2n) is 6.74. The lowest BCUT2D eigenvalue weighted by Crippen LogP contribution is -2.27. The molecule has 0 radical (unpaired) electrons. The molecule has 1 aliphatic rings. The van der Waals surface area contributed by atoms with E-state index in [1.165, 1.54) is 23.1 Å². The van der Waals surface area contributed by atoms with Gasteiger partial charge in [0.25, 0.3) is 0 Å². The molecule has 156 valence electrons. The molecule has 2 aromatic rings. The van der Waals surface area contributed by atoms with E-state index in [0.29, 0.717) is 31.1 Å². The van der Waals surface area contributed by atoms with E-state index >= 15 is 0 Å². The van der Waals surface area contributed by atoms with Crippen molar-refractivity contribution < 1.29 is 32.2 Å². The lowest BCUT2D eigenvalue weighted by Gasteiger charge is -2.20. The molecule has 0 atom stereocenters. The molecule has 0 bridgehead atoms. The summed E-state index contributed by atoms with van der Waals surface area (Å²) >= 11 is 0. The van der Waals surface area contributed by atoms with Crippen molar-refractivity contribution in [3.05, 3.63) is 53.6 Å². The maximum atomic E-state index is 12.5. The molecule has 1 amide bonds. The van der Waals surface area contributed by atoms with Gasteiger partial charge in [-0.15, -0.1) is 13.2 Å². The number of alkyl halides is 3. The standard InChI is InChI=1S/C21H22F3NO4/c1-25(14-16-5-2-3-6-17(16)29-21(22,23)24)20(26)10-8-15-7-9-18-19(13-15)28-12-4-11-27-18/h2-3,5-7,9,13H,4,8,10-12,14H2,1H3. The summed E-state index contributed by atoms with van der Waals surface area (Å²) in [6.45, 7) is 1.21. The SMILES string of the molecule is CN(Cc1ccccc1OC(F)(F)F)C(=O)CCc1ccc2c(c1)OCCCO2. The maximum Gasteiger partial charge on any atom is 0.573 e. The van der Waals surface area contributed by atoms with Gasteiger partial charge in [-0.3, -0.25) is 4.79 Å². The molecule has 0 unspecified atom stereocenters. The molecule has 0 aliphatic carbocycles. The van der Waals surface area contributed by atoms with Gasteiger partial charge in [0, 0.05) is 32.0 Å². The Morgan fingerprint density at radius 3 is 2.59 bits per heavy atom. The van der Waals surface area contributed by atoms with E-state index in [9.17, 15) is 18.0 Å². The van der Waals surface area contributed by atoms with Crippen molar-refractivity contribution in [2.75, 3.05) is 20.3 Å². The van der Waals surface area contributed by atoms with E-state index < -0.39 is 6.36 Å². The highest BCUT2D eigenvalue weighted by molar-refractivity contribution is 5.76. The monoisotopic (exact) mass is 409 g/mol. The molecule has 8 heteroatoms. The number of nitrogens with zero attached hydrogens (tertiary/aromatic N) is 1. The normalized spacial score (nSPS) is 13.5. The lowest BCUT2D eigenvalue weighted by atomic mass is 10.1. The second-order valence-corrected chi connectivity index (χ2v) is 6.74. The molecule has 0 N–H and O–H groups in total. The predicted octanol–water partition coefficient (Wildman–Crippen LogP) is 4.34. The Morgan fingerprint density at radius 2 is 1.83 bits per heavy atom. The first kappa shape index (κ1) is 20.8. The molecule has 0 saturated carbocycles. The van der Waals surface area contributed by atoms with Gasteiger partial charge in [0.15, 0.2) is 11.5 Å². The minimum atomic E-state index is -4.78. The number of carbonyl (C=O) groups is 1. The number of benzene rings is 2. The van der Waals surface area contributed by atoms with Crippen molar-refractivity contribution in [3.8, 4) is 17.2 Å². The summed E-state index contributed by atoms with van der Waals surface area (Å²) < 4.78 is 52.9. The smallest absolute Gasteiger partial charge is 0.490 e. The van der Waals surface area contributed by atoms with Crippen LogP contribution >= 0.6 is 0 Å². The van der Waals surface area contributed by atoms with Gasteiger partial charge in [-0.2, -0.15) is 0 Å². The van der Waals surface area contributed by atoms with Gasteiger partial charge in [0.1, 0.15) is 5.75 Å². The van der Waals surface area contributed by atoms with Crippen LogP contribution in [0.2, 0.25) is 0 Å². The third kappa shape index (κ3) is 6.04. The van der Waals surface area contributed by atoms with E-state index in [4.69, 9.17) is 9.47 Å². The van der Waals surface area contributed by atoms with E-state index in [-0.39, 0.29) is 30.2 Å². The molecule has 0 spiro atoms. The quantitative estimate of drug-likeness (QED) is 0.712. The Labute approximate surface area is 167 Å². The molecule has 0 fully saturated rings. The van der Waals surface area contributed by atoms with Gasteiger partial charge in [-0.1, -0.05) is 24.3 Å².